The maximum Gasteiger partial charge on any atom is 0.417 e. The number of aliphatic hydroxyl groups is 1. The monoisotopic (exact) mass is 285 g/mol. The summed E-state index contributed by atoms with van der Waals surface area (Å²) in [6.45, 7) is 2.65. The molecule has 4 nitrogen and oxygen atoms in total. The first-order chi connectivity index (χ1) is 9.40. The van der Waals surface area contributed by atoms with Crippen molar-refractivity contribution < 1.29 is 18.3 Å². The molecule has 1 atom stereocenters. The topological polar surface area (TPSA) is 50.9 Å². The summed E-state index contributed by atoms with van der Waals surface area (Å²) >= 11 is 0. The molecule has 0 spiro atoms. The number of rotatable bonds is 4. The second-order valence-electron chi connectivity index (χ2n) is 4.39. The van der Waals surface area contributed by atoms with E-state index in [4.69, 9.17) is 0 Å². The number of halogens is 3. The van der Waals surface area contributed by atoms with Gasteiger partial charge in [0.1, 0.15) is 6.10 Å². The lowest BCUT2D eigenvalue weighted by Crippen LogP contribution is -2.08. The molecule has 0 aliphatic heterocycles. The van der Waals surface area contributed by atoms with Crippen LogP contribution in [0.2, 0.25) is 0 Å². The molecule has 2 heterocycles. The Morgan fingerprint density at radius 1 is 1.30 bits per heavy atom. The summed E-state index contributed by atoms with van der Waals surface area (Å²) in [4.78, 5) is 3.67. The minimum atomic E-state index is -4.42. The van der Waals surface area contributed by atoms with Gasteiger partial charge in [-0.15, -0.1) is 0 Å². The summed E-state index contributed by atoms with van der Waals surface area (Å²) in [6, 6.07) is 2.11. The Hall–Kier alpha value is -1.89. The van der Waals surface area contributed by atoms with Crippen LogP contribution >= 0.6 is 0 Å². The molecule has 1 N–H and O–H groups in total. The molecule has 1 unspecified atom stereocenters. The highest BCUT2D eigenvalue weighted by atomic mass is 19.4. The smallest absolute Gasteiger partial charge is 0.386 e. The molecular weight excluding hydrogens is 271 g/mol. The average Bonchev–Trinajstić information content (AvgIpc) is 2.85. The Morgan fingerprint density at radius 3 is 2.55 bits per heavy atom. The van der Waals surface area contributed by atoms with Gasteiger partial charge in [0, 0.05) is 25.4 Å². The lowest BCUT2D eigenvalue weighted by molar-refractivity contribution is -0.137. The van der Waals surface area contributed by atoms with Crippen LogP contribution in [0.5, 0.6) is 0 Å². The van der Waals surface area contributed by atoms with Crippen molar-refractivity contribution in [1.82, 2.24) is 14.8 Å². The highest BCUT2D eigenvalue weighted by molar-refractivity contribution is 5.19. The van der Waals surface area contributed by atoms with Crippen molar-refractivity contribution in [2.75, 3.05) is 0 Å². The van der Waals surface area contributed by atoms with Gasteiger partial charge in [-0.25, -0.2) is 0 Å². The molecule has 2 rings (SSSR count). The summed E-state index contributed by atoms with van der Waals surface area (Å²) in [5.41, 5.74) is 0.190. The number of nitrogens with zero attached hydrogens (tertiary/aromatic N) is 3. The minimum Gasteiger partial charge on any atom is -0.386 e. The summed E-state index contributed by atoms with van der Waals surface area (Å²) in [6.07, 6.45) is -0.971. The molecule has 0 aromatic carbocycles. The minimum absolute atomic E-state index is 0.210. The van der Waals surface area contributed by atoms with E-state index in [1.54, 1.807) is 17.1 Å². The van der Waals surface area contributed by atoms with Gasteiger partial charge in [0.25, 0.3) is 0 Å². The van der Waals surface area contributed by atoms with Crippen molar-refractivity contribution in [3.63, 3.8) is 0 Å². The van der Waals surface area contributed by atoms with E-state index in [9.17, 15) is 18.3 Å². The molecule has 0 aliphatic rings. The number of hydrogen-bond donors (Lipinski definition) is 1. The zero-order valence-electron chi connectivity index (χ0n) is 10.8. The van der Waals surface area contributed by atoms with Crippen molar-refractivity contribution in [3.8, 4) is 0 Å². The molecule has 2 aromatic heterocycles. The van der Waals surface area contributed by atoms with E-state index in [1.807, 2.05) is 6.92 Å². The summed E-state index contributed by atoms with van der Waals surface area (Å²) in [7, 11) is 0. The van der Waals surface area contributed by atoms with Gasteiger partial charge < -0.3 is 5.11 Å². The molecular formula is C13H14F3N3O. The first-order valence-corrected chi connectivity index (χ1v) is 6.12. The van der Waals surface area contributed by atoms with Crippen molar-refractivity contribution in [2.45, 2.75) is 32.2 Å². The van der Waals surface area contributed by atoms with Crippen molar-refractivity contribution >= 4 is 0 Å². The van der Waals surface area contributed by atoms with Crippen molar-refractivity contribution in [3.05, 3.63) is 47.5 Å². The number of aliphatic hydroxyl groups excluding tert-OH is 1. The Morgan fingerprint density at radius 2 is 2.05 bits per heavy atom. The normalized spacial score (nSPS) is 13.4. The fraction of sp³-hybridized carbons (Fsp3) is 0.385. The van der Waals surface area contributed by atoms with E-state index in [0.717, 1.165) is 17.8 Å². The van der Waals surface area contributed by atoms with Gasteiger partial charge in [-0.05, 0) is 24.6 Å². The first-order valence-electron chi connectivity index (χ1n) is 6.12. The van der Waals surface area contributed by atoms with Gasteiger partial charge >= 0.3 is 6.18 Å². The van der Waals surface area contributed by atoms with Gasteiger partial charge in [0.05, 0.1) is 17.5 Å². The number of alkyl halides is 3. The molecule has 0 radical (unpaired) electrons. The fourth-order valence-corrected chi connectivity index (χ4v) is 1.78. The standard InChI is InChI=1S/C13H14F3N3O/c1-2-19-8-9(6-18-19)5-12(20)11-4-3-10(7-17-11)13(14,15)16/h3-4,6-8,12,20H,2,5H2,1H3. The molecule has 0 amide bonds. The predicted octanol–water partition coefficient (Wildman–Crippen LogP) is 2.59. The molecule has 0 fully saturated rings. The van der Waals surface area contributed by atoms with Crippen LogP contribution in [0.4, 0.5) is 13.2 Å². The van der Waals surface area contributed by atoms with E-state index >= 15 is 0 Å². The quantitative estimate of drug-likeness (QED) is 0.939. The molecule has 0 bridgehead atoms. The van der Waals surface area contributed by atoms with Crippen LogP contribution < -0.4 is 0 Å². The molecule has 0 saturated carbocycles. The van der Waals surface area contributed by atoms with Gasteiger partial charge in [-0.2, -0.15) is 18.3 Å². The largest absolute Gasteiger partial charge is 0.417 e. The second-order valence-corrected chi connectivity index (χ2v) is 4.39. The van der Waals surface area contributed by atoms with Crippen LogP contribution in [-0.4, -0.2) is 19.9 Å². The Kier molecular flexibility index (Phi) is 4.08. The van der Waals surface area contributed by atoms with E-state index < -0.39 is 17.8 Å². The molecule has 0 saturated heterocycles. The third-order valence-corrected chi connectivity index (χ3v) is 2.89. The molecule has 0 aliphatic carbocycles. The second kappa shape index (κ2) is 5.62. The van der Waals surface area contributed by atoms with Crippen LogP contribution in [0.3, 0.4) is 0 Å². The SMILES string of the molecule is CCn1cc(CC(O)c2ccc(C(F)(F)F)cn2)cn1. The first kappa shape index (κ1) is 14.5. The summed E-state index contributed by atoms with van der Waals surface area (Å²) < 4.78 is 38.9. The van der Waals surface area contributed by atoms with E-state index in [1.165, 1.54) is 6.07 Å². The van der Waals surface area contributed by atoms with Gasteiger partial charge in [-0.3, -0.25) is 9.67 Å². The Labute approximate surface area is 113 Å². The lowest BCUT2D eigenvalue weighted by Gasteiger charge is -2.10. The van der Waals surface area contributed by atoms with Crippen molar-refractivity contribution in [2.24, 2.45) is 0 Å². The van der Waals surface area contributed by atoms with Crippen LogP contribution in [0, 0.1) is 0 Å². The van der Waals surface area contributed by atoms with Crippen LogP contribution in [-0.2, 0) is 19.1 Å². The maximum atomic E-state index is 12.4. The third kappa shape index (κ3) is 3.36. The van der Waals surface area contributed by atoms with Gasteiger partial charge in [0.15, 0.2) is 0 Å². The molecule has 20 heavy (non-hydrogen) atoms. The van der Waals surface area contributed by atoms with Crippen LogP contribution in [0.15, 0.2) is 30.7 Å². The van der Waals surface area contributed by atoms with Gasteiger partial charge in [0.2, 0.25) is 0 Å². The fourth-order valence-electron chi connectivity index (χ4n) is 1.78. The van der Waals surface area contributed by atoms with E-state index in [0.29, 0.717) is 6.54 Å². The molecule has 108 valence electrons. The predicted molar refractivity (Wildman–Crippen MR) is 65.8 cm³/mol. The summed E-state index contributed by atoms with van der Waals surface area (Å²) in [5, 5.41) is 14.0. The zero-order valence-corrected chi connectivity index (χ0v) is 10.8. The van der Waals surface area contributed by atoms with E-state index in [-0.39, 0.29) is 12.1 Å². The van der Waals surface area contributed by atoms with Gasteiger partial charge in [-0.1, -0.05) is 0 Å². The number of pyridine rings is 1. The number of aryl methyl sites for hydroxylation is 1. The third-order valence-electron chi connectivity index (χ3n) is 2.89. The lowest BCUT2D eigenvalue weighted by atomic mass is 10.1. The van der Waals surface area contributed by atoms with Crippen LogP contribution in [0.1, 0.15) is 29.8 Å². The van der Waals surface area contributed by atoms with E-state index in [2.05, 4.69) is 10.1 Å². The number of aromatic nitrogens is 3. The maximum absolute atomic E-state index is 12.4. The van der Waals surface area contributed by atoms with Crippen molar-refractivity contribution in [1.29, 1.82) is 0 Å². The Bertz CT molecular complexity index is 563. The molecule has 7 heteroatoms. The molecule has 2 aromatic rings. The Balaban J connectivity index is 2.07. The number of hydrogen-bond acceptors (Lipinski definition) is 3. The summed E-state index contributed by atoms with van der Waals surface area (Å²) in [5.74, 6) is 0. The highest BCUT2D eigenvalue weighted by Gasteiger charge is 2.30. The highest BCUT2D eigenvalue weighted by Crippen LogP contribution is 2.29. The van der Waals surface area contributed by atoms with Crippen LogP contribution in [0.25, 0.3) is 0 Å². The average molecular weight is 285 g/mol. The zero-order chi connectivity index (χ0) is 14.8.